The van der Waals surface area contributed by atoms with E-state index in [1.165, 1.54) is 18.1 Å². The molecule has 1 aromatic rings. The first-order chi connectivity index (χ1) is 15.4. The Hall–Kier alpha value is -3.21. The highest BCUT2D eigenvalue weighted by Crippen LogP contribution is 2.56. The Morgan fingerprint density at radius 1 is 1.18 bits per heavy atom. The van der Waals surface area contributed by atoms with Crippen molar-refractivity contribution in [1.82, 2.24) is 4.90 Å². The molecule has 0 fully saturated rings. The lowest BCUT2D eigenvalue weighted by Gasteiger charge is -2.54. The van der Waals surface area contributed by atoms with Crippen LogP contribution in [0, 0.1) is 11.8 Å². The Morgan fingerprint density at radius 3 is 2.36 bits per heavy atom. The SMILES string of the molecule is CO[C@@H]1[C@H]2C(=C(O)[C@]3(O)C(=O)C(C(N)=O)=C(O)[C@@H](N(C)C)[C@@H]13)C(=O)c1c(O)cccc1[C@@H]2C. The van der Waals surface area contributed by atoms with Gasteiger partial charge in [0, 0.05) is 18.6 Å². The number of hydrogen-bond donors (Lipinski definition) is 5. The van der Waals surface area contributed by atoms with E-state index in [0.29, 0.717) is 5.56 Å². The van der Waals surface area contributed by atoms with Crippen LogP contribution >= 0.6 is 0 Å². The smallest absolute Gasteiger partial charge is 0.255 e. The number of carbonyl (C=O) groups excluding carboxylic acids is 3. The number of aliphatic hydroxyl groups excluding tert-OH is 2. The Labute approximate surface area is 189 Å². The third-order valence-corrected chi connectivity index (χ3v) is 7.24. The minimum Gasteiger partial charge on any atom is -0.510 e. The fraction of sp³-hybridized carbons (Fsp3) is 0.435. The van der Waals surface area contributed by atoms with Gasteiger partial charge in [0.2, 0.25) is 5.78 Å². The zero-order chi connectivity index (χ0) is 24.6. The van der Waals surface area contributed by atoms with Crippen LogP contribution < -0.4 is 5.73 Å². The van der Waals surface area contributed by atoms with Crippen LogP contribution in [0.15, 0.2) is 40.9 Å². The van der Waals surface area contributed by atoms with Gasteiger partial charge < -0.3 is 30.9 Å². The topological polar surface area (TPSA) is 171 Å². The number of Topliss-reactive ketones (excluding diaryl/α,β-unsaturated/α-hetero) is 2. The Morgan fingerprint density at radius 2 is 1.82 bits per heavy atom. The molecule has 6 N–H and O–H groups in total. The van der Waals surface area contributed by atoms with E-state index in [4.69, 9.17) is 10.5 Å². The second-order valence-corrected chi connectivity index (χ2v) is 9.00. The zero-order valence-electron chi connectivity index (χ0n) is 18.6. The van der Waals surface area contributed by atoms with Crippen LogP contribution in [-0.2, 0) is 14.3 Å². The van der Waals surface area contributed by atoms with E-state index in [9.17, 15) is 34.8 Å². The number of nitrogens with zero attached hydrogens (tertiary/aromatic N) is 1. The number of phenols is 1. The first-order valence-corrected chi connectivity index (χ1v) is 10.4. The highest BCUT2D eigenvalue weighted by molar-refractivity contribution is 6.25. The summed E-state index contributed by atoms with van der Waals surface area (Å²) in [4.78, 5) is 40.4. The molecule has 10 heteroatoms. The van der Waals surface area contributed by atoms with Crippen molar-refractivity contribution in [2.45, 2.75) is 30.6 Å². The number of primary amides is 1. The lowest BCUT2D eigenvalue weighted by Crippen LogP contribution is -2.68. The molecule has 0 radical (unpaired) electrons. The molecule has 0 spiro atoms. The lowest BCUT2D eigenvalue weighted by atomic mass is 9.55. The minimum absolute atomic E-state index is 0.0411. The van der Waals surface area contributed by atoms with Crippen molar-refractivity contribution in [2.24, 2.45) is 17.6 Å². The van der Waals surface area contributed by atoms with Crippen LogP contribution in [0.1, 0.15) is 28.8 Å². The van der Waals surface area contributed by atoms with Crippen molar-refractivity contribution in [3.63, 3.8) is 0 Å². The van der Waals surface area contributed by atoms with E-state index >= 15 is 0 Å². The van der Waals surface area contributed by atoms with Crippen molar-refractivity contribution in [1.29, 1.82) is 0 Å². The van der Waals surface area contributed by atoms with Gasteiger partial charge in [-0.1, -0.05) is 19.1 Å². The average Bonchev–Trinajstić information content (AvgIpc) is 2.73. The van der Waals surface area contributed by atoms with E-state index in [-0.39, 0.29) is 16.9 Å². The molecule has 10 nitrogen and oxygen atoms in total. The average molecular weight is 458 g/mol. The monoisotopic (exact) mass is 458 g/mol. The molecule has 0 saturated carbocycles. The van der Waals surface area contributed by atoms with Crippen molar-refractivity contribution in [3.05, 3.63) is 52.0 Å². The molecule has 3 aliphatic carbocycles. The molecule has 0 aliphatic heterocycles. The van der Waals surface area contributed by atoms with Crippen LogP contribution in [0.3, 0.4) is 0 Å². The second kappa shape index (κ2) is 7.41. The van der Waals surface area contributed by atoms with Crippen LogP contribution in [0.25, 0.3) is 0 Å². The largest absolute Gasteiger partial charge is 0.510 e. The molecule has 6 atom stereocenters. The summed E-state index contributed by atoms with van der Waals surface area (Å²) in [5, 5.41) is 44.2. The van der Waals surface area contributed by atoms with Gasteiger partial charge in [0.15, 0.2) is 11.4 Å². The van der Waals surface area contributed by atoms with Crippen molar-refractivity contribution in [3.8, 4) is 5.75 Å². The highest BCUT2D eigenvalue weighted by atomic mass is 16.5. The van der Waals surface area contributed by atoms with E-state index in [1.54, 1.807) is 33.2 Å². The van der Waals surface area contributed by atoms with Gasteiger partial charge in [0.1, 0.15) is 22.8 Å². The third-order valence-electron chi connectivity index (χ3n) is 7.24. The molecule has 0 bridgehead atoms. The number of nitrogens with two attached hydrogens (primary N) is 1. The molecule has 1 aromatic carbocycles. The number of phenolic OH excluding ortho intramolecular Hbond substituents is 1. The fourth-order valence-corrected chi connectivity index (χ4v) is 5.84. The molecule has 4 rings (SSSR count). The van der Waals surface area contributed by atoms with Gasteiger partial charge in [-0.3, -0.25) is 19.3 Å². The van der Waals surface area contributed by atoms with Gasteiger partial charge in [-0.15, -0.1) is 0 Å². The molecule has 0 heterocycles. The number of likely N-dealkylation sites (N-methyl/N-ethyl adjacent to an activating group) is 1. The van der Waals surface area contributed by atoms with E-state index in [0.717, 1.165) is 0 Å². The maximum absolute atomic E-state index is 13.5. The summed E-state index contributed by atoms with van der Waals surface area (Å²) in [6.45, 7) is 1.78. The number of fused-ring (bicyclic) bond motifs is 3. The predicted octanol–water partition coefficient (Wildman–Crippen LogP) is 0.307. The summed E-state index contributed by atoms with van der Waals surface area (Å²) in [6, 6.07) is 3.46. The molecule has 33 heavy (non-hydrogen) atoms. The quantitative estimate of drug-likeness (QED) is 0.400. The number of rotatable bonds is 3. The highest BCUT2D eigenvalue weighted by Gasteiger charge is 2.67. The second-order valence-electron chi connectivity index (χ2n) is 9.00. The number of ether oxygens (including phenoxy) is 1. The summed E-state index contributed by atoms with van der Waals surface area (Å²) in [7, 11) is 4.45. The van der Waals surface area contributed by atoms with Gasteiger partial charge in [-0.2, -0.15) is 0 Å². The maximum Gasteiger partial charge on any atom is 0.255 e. The van der Waals surface area contributed by atoms with Crippen LogP contribution in [-0.4, -0.2) is 81.8 Å². The van der Waals surface area contributed by atoms with E-state index in [1.807, 2.05) is 0 Å². The molecule has 176 valence electrons. The fourth-order valence-electron chi connectivity index (χ4n) is 5.84. The Bertz CT molecular complexity index is 1150. The molecule has 0 aromatic heterocycles. The molecule has 0 unspecified atom stereocenters. The normalized spacial score (nSPS) is 33.7. The molecule has 3 aliphatic rings. The number of carbonyl (C=O) groups is 3. The lowest BCUT2D eigenvalue weighted by molar-refractivity contribution is -0.165. The first-order valence-electron chi connectivity index (χ1n) is 10.4. The number of aromatic hydroxyl groups is 1. The molecular weight excluding hydrogens is 432 g/mol. The van der Waals surface area contributed by atoms with Gasteiger partial charge >= 0.3 is 0 Å². The Kier molecular flexibility index (Phi) is 5.15. The number of amides is 1. The summed E-state index contributed by atoms with van der Waals surface area (Å²) in [5.74, 6) is -7.80. The molecule has 0 saturated heterocycles. The number of hydrogen-bond acceptors (Lipinski definition) is 9. The van der Waals surface area contributed by atoms with Gasteiger partial charge in [-0.05, 0) is 31.6 Å². The number of benzene rings is 1. The van der Waals surface area contributed by atoms with E-state index < -0.39 is 70.1 Å². The van der Waals surface area contributed by atoms with Crippen molar-refractivity contribution in [2.75, 3.05) is 21.2 Å². The van der Waals surface area contributed by atoms with Crippen LogP contribution in [0.5, 0.6) is 5.75 Å². The number of ketones is 2. The maximum atomic E-state index is 13.5. The van der Waals surface area contributed by atoms with Crippen molar-refractivity contribution < 1.29 is 39.5 Å². The summed E-state index contributed by atoms with van der Waals surface area (Å²) in [5.41, 5.74) is 1.91. The van der Waals surface area contributed by atoms with E-state index in [2.05, 4.69) is 0 Å². The summed E-state index contributed by atoms with van der Waals surface area (Å²) < 4.78 is 5.73. The third kappa shape index (κ3) is 2.74. The van der Waals surface area contributed by atoms with Crippen LogP contribution in [0.4, 0.5) is 0 Å². The van der Waals surface area contributed by atoms with Gasteiger partial charge in [0.25, 0.3) is 5.91 Å². The first kappa shape index (κ1) is 23.0. The molecular formula is C23H26N2O8. The summed E-state index contributed by atoms with van der Waals surface area (Å²) in [6.07, 6.45) is -1.04. The molecule has 1 amide bonds. The number of aliphatic hydroxyl groups is 3. The standard InChI is InChI=1S/C23H26N2O8/c1-8-9-6-5-7-10(26)12(9)17(27)13-11(8)19(33-4)15-16(25(2)3)18(28)14(22(24)31)21(30)23(15,32)20(13)29/h5-8,11,15-16,19,26,28-29,32H,1-4H3,(H2,24,31)/t8-,11+,15-,16-,19+,23-/m0/s1. The summed E-state index contributed by atoms with van der Waals surface area (Å²) >= 11 is 0. The number of methoxy groups -OCH3 is 1. The Balaban J connectivity index is 2.09. The van der Waals surface area contributed by atoms with Crippen molar-refractivity contribution >= 4 is 17.5 Å². The van der Waals surface area contributed by atoms with Gasteiger partial charge in [-0.25, -0.2) is 0 Å². The van der Waals surface area contributed by atoms with Gasteiger partial charge in [0.05, 0.1) is 23.6 Å². The predicted molar refractivity (Wildman–Crippen MR) is 115 cm³/mol. The minimum atomic E-state index is -2.77. The van der Waals surface area contributed by atoms with Crippen LogP contribution in [0.2, 0.25) is 0 Å². The zero-order valence-corrected chi connectivity index (χ0v) is 18.6.